The largest absolute Gasteiger partial charge is 0.204 e. The van der Waals surface area contributed by atoms with Crippen molar-refractivity contribution in [3.05, 3.63) is 35.1 Å². The topological polar surface area (TPSA) is 0 Å². The van der Waals surface area contributed by atoms with Crippen LogP contribution in [0.5, 0.6) is 0 Å². The molecule has 2 aliphatic rings. The van der Waals surface area contributed by atoms with Crippen LogP contribution in [0.2, 0.25) is 0 Å². The molecule has 0 spiro atoms. The van der Waals surface area contributed by atoms with Crippen LogP contribution in [0.15, 0.2) is 12.1 Å². The van der Waals surface area contributed by atoms with Gasteiger partial charge in [-0.25, -0.2) is 13.2 Å². The second-order valence-electron chi connectivity index (χ2n) is 7.49. The zero-order valence-electron chi connectivity index (χ0n) is 17.3. The highest BCUT2D eigenvalue weighted by Gasteiger charge is 2.31. The fourth-order valence-corrected chi connectivity index (χ4v) is 4.48. The molecule has 0 N–H and O–H groups in total. The summed E-state index contributed by atoms with van der Waals surface area (Å²) in [6.07, 6.45) is 5.31. The maximum atomic E-state index is 13.6. The van der Waals surface area contributed by atoms with E-state index >= 15 is 0 Å². The average molecular weight is 341 g/mol. The van der Waals surface area contributed by atoms with Gasteiger partial charge in [-0.3, -0.25) is 0 Å². The molecule has 134 valence electrons. The first-order chi connectivity index (χ1) is 12.7. The predicted molar refractivity (Wildman–Crippen MR) is 91.4 cm³/mol. The van der Waals surface area contributed by atoms with Gasteiger partial charge in [0.15, 0.2) is 17.5 Å². The van der Waals surface area contributed by atoms with Gasteiger partial charge in [-0.15, -0.1) is 0 Å². The monoisotopic (exact) mass is 341 g/mol. The molecule has 2 saturated carbocycles. The van der Waals surface area contributed by atoms with E-state index in [0.29, 0.717) is 18.8 Å². The number of halogens is 3. The number of rotatable bonds is 4. The number of hydrogen-bond acceptors (Lipinski definition) is 0. The molecule has 0 radical (unpaired) electrons. The average Bonchev–Trinajstić information content (AvgIpc) is 2.59. The Bertz CT molecular complexity index is 633. The van der Waals surface area contributed by atoms with E-state index in [-0.39, 0.29) is 11.5 Å². The van der Waals surface area contributed by atoms with Crippen LogP contribution in [-0.2, 0) is 0 Å². The minimum atomic E-state index is -1.73. The second kappa shape index (κ2) is 7.93. The molecule has 1 aromatic carbocycles. The zero-order valence-corrected chi connectivity index (χ0v) is 14.3. The van der Waals surface area contributed by atoms with E-state index in [1.165, 1.54) is 25.7 Å². The van der Waals surface area contributed by atoms with Crippen molar-refractivity contribution in [1.82, 2.24) is 0 Å². The second-order valence-corrected chi connectivity index (χ2v) is 7.49. The van der Waals surface area contributed by atoms with Crippen LogP contribution in [0, 0.1) is 35.2 Å². The lowest BCUT2D eigenvalue weighted by molar-refractivity contribution is 0.156. The van der Waals surface area contributed by atoms with Gasteiger partial charge < -0.3 is 0 Å². The van der Waals surface area contributed by atoms with Crippen LogP contribution in [0.4, 0.5) is 13.2 Å². The molecule has 2 fully saturated rings. The van der Waals surface area contributed by atoms with Gasteiger partial charge in [-0.1, -0.05) is 32.6 Å². The van der Waals surface area contributed by atoms with Gasteiger partial charge >= 0.3 is 0 Å². The third-order valence-corrected chi connectivity index (χ3v) is 5.89. The summed E-state index contributed by atoms with van der Waals surface area (Å²) in [6, 6.07) is 1.72. The summed E-state index contributed by atoms with van der Waals surface area (Å²) in [4.78, 5) is 0. The molecule has 1 aromatic rings. The Hall–Kier alpha value is -0.990. The van der Waals surface area contributed by atoms with Gasteiger partial charge in [-0.05, 0) is 79.8 Å². The Morgan fingerprint density at radius 1 is 0.958 bits per heavy atom. The molecular weight excluding hydrogens is 309 g/mol. The number of benzene rings is 1. The molecule has 3 rings (SSSR count). The SMILES string of the molecule is [2H][C@@H]1C[C@@H]([C@H]2CC[C@H](CCC)CC2)CC([2H])([2H])C1c1cc(F)c(F)c(F)c1. The Morgan fingerprint density at radius 2 is 1.58 bits per heavy atom. The summed E-state index contributed by atoms with van der Waals surface area (Å²) < 4.78 is 66.1. The van der Waals surface area contributed by atoms with Gasteiger partial charge in [0, 0.05) is 4.11 Å². The predicted octanol–water partition coefficient (Wildman–Crippen LogP) is 6.98. The molecule has 0 heterocycles. The van der Waals surface area contributed by atoms with Crippen molar-refractivity contribution in [1.29, 1.82) is 0 Å². The number of hydrogen-bond donors (Lipinski definition) is 0. The standard InChI is InChI=1S/C21H29F3/c1-2-3-14-4-6-15(7-5-14)16-8-10-17(11-9-16)18-12-19(22)21(24)20(23)13-18/h12-17H,2-11H2,1H3/t14-,15-,16-,17?/i10D,11D2/t10-,14-,15-,16-,17?/m1/s1. The summed E-state index contributed by atoms with van der Waals surface area (Å²) in [7, 11) is 0. The minimum Gasteiger partial charge on any atom is -0.204 e. The molecule has 0 aliphatic heterocycles. The van der Waals surface area contributed by atoms with E-state index in [4.69, 9.17) is 4.11 Å². The Labute approximate surface area is 148 Å². The van der Waals surface area contributed by atoms with E-state index in [0.717, 1.165) is 30.9 Å². The van der Waals surface area contributed by atoms with Crippen LogP contribution in [0.1, 0.15) is 86.7 Å². The first kappa shape index (κ1) is 14.2. The van der Waals surface area contributed by atoms with Crippen molar-refractivity contribution in [2.75, 3.05) is 0 Å². The molecule has 0 saturated heterocycles. The Morgan fingerprint density at radius 3 is 2.17 bits per heavy atom. The Kier molecular flexibility index (Phi) is 4.69. The van der Waals surface area contributed by atoms with Crippen molar-refractivity contribution < 1.29 is 17.3 Å². The molecule has 0 aromatic heterocycles. The molecule has 2 aliphatic carbocycles. The zero-order chi connectivity index (χ0) is 19.8. The minimum absolute atomic E-state index is 0.0569. The quantitative estimate of drug-likeness (QED) is 0.518. The van der Waals surface area contributed by atoms with Crippen LogP contribution in [-0.4, -0.2) is 0 Å². The lowest BCUT2D eigenvalue weighted by Gasteiger charge is -2.38. The van der Waals surface area contributed by atoms with Gasteiger partial charge in [0.2, 0.25) is 0 Å². The molecule has 3 atom stereocenters. The molecule has 3 heteroatoms. The van der Waals surface area contributed by atoms with Gasteiger partial charge in [-0.2, -0.15) is 0 Å². The third-order valence-electron chi connectivity index (χ3n) is 5.89. The highest BCUT2D eigenvalue weighted by atomic mass is 19.2. The summed E-state index contributed by atoms with van der Waals surface area (Å²) in [5.41, 5.74) is 0.0569. The van der Waals surface area contributed by atoms with Crippen molar-refractivity contribution in [3.63, 3.8) is 0 Å². The first-order valence-electron chi connectivity index (χ1n) is 10.9. The van der Waals surface area contributed by atoms with E-state index in [1.54, 1.807) is 0 Å². The van der Waals surface area contributed by atoms with Crippen LogP contribution >= 0.6 is 0 Å². The van der Waals surface area contributed by atoms with Crippen molar-refractivity contribution in [3.8, 4) is 0 Å². The lowest BCUT2D eigenvalue weighted by Crippen LogP contribution is -2.25. The summed E-state index contributed by atoms with van der Waals surface area (Å²) >= 11 is 0. The Balaban J connectivity index is 1.74. The molecule has 1 unspecified atom stereocenters. The first-order valence-corrected chi connectivity index (χ1v) is 9.29. The van der Waals surface area contributed by atoms with Crippen molar-refractivity contribution >= 4 is 0 Å². The molecule has 0 nitrogen and oxygen atoms in total. The molecule has 0 bridgehead atoms. The maximum Gasteiger partial charge on any atom is 0.194 e. The normalized spacial score (nSPS) is 38.2. The van der Waals surface area contributed by atoms with Crippen LogP contribution < -0.4 is 0 Å². The van der Waals surface area contributed by atoms with E-state index < -0.39 is 36.1 Å². The molecule has 24 heavy (non-hydrogen) atoms. The van der Waals surface area contributed by atoms with E-state index in [1.807, 2.05) is 0 Å². The van der Waals surface area contributed by atoms with Gasteiger partial charge in [0.1, 0.15) is 0 Å². The van der Waals surface area contributed by atoms with Crippen LogP contribution in [0.25, 0.3) is 0 Å². The fraction of sp³-hybridized carbons (Fsp3) is 0.714. The third kappa shape index (κ3) is 3.97. The lowest BCUT2D eigenvalue weighted by atomic mass is 9.68. The van der Waals surface area contributed by atoms with Gasteiger partial charge in [0.25, 0.3) is 0 Å². The van der Waals surface area contributed by atoms with Crippen molar-refractivity contribution in [2.24, 2.45) is 17.8 Å². The van der Waals surface area contributed by atoms with E-state index in [2.05, 4.69) is 6.92 Å². The smallest absolute Gasteiger partial charge is 0.194 e. The molecule has 0 amide bonds. The summed E-state index contributed by atoms with van der Waals surface area (Å²) in [5.74, 6) is -3.77. The highest BCUT2D eigenvalue weighted by Crippen LogP contribution is 2.44. The molecular formula is C21H29F3. The van der Waals surface area contributed by atoms with Crippen LogP contribution in [0.3, 0.4) is 0 Å². The fourth-order valence-electron chi connectivity index (χ4n) is 4.48. The van der Waals surface area contributed by atoms with Gasteiger partial charge in [0.05, 0.1) is 0 Å². The summed E-state index contributed by atoms with van der Waals surface area (Å²) in [6.45, 7) is 2.20. The summed E-state index contributed by atoms with van der Waals surface area (Å²) in [5, 5.41) is 0. The maximum absolute atomic E-state index is 13.6. The highest BCUT2D eigenvalue weighted by molar-refractivity contribution is 5.23. The van der Waals surface area contributed by atoms with E-state index in [9.17, 15) is 13.2 Å². The van der Waals surface area contributed by atoms with Crippen molar-refractivity contribution in [2.45, 2.75) is 77.0 Å².